The molecular formula is C18H23N5O3. The Hall–Kier alpha value is -2.90. The number of fused-ring (bicyclic) bond motifs is 1. The van der Waals surface area contributed by atoms with Gasteiger partial charge in [-0.3, -0.25) is 14.2 Å². The summed E-state index contributed by atoms with van der Waals surface area (Å²) in [5, 5.41) is 10.7. The first-order chi connectivity index (χ1) is 12.5. The maximum Gasteiger partial charge on any atom is 0.286 e. The smallest absolute Gasteiger partial charge is 0.286 e. The third kappa shape index (κ3) is 3.54. The summed E-state index contributed by atoms with van der Waals surface area (Å²) < 4.78 is 6.94. The number of nitrogens with one attached hydrogen (secondary N) is 1. The van der Waals surface area contributed by atoms with Crippen LogP contribution in [0.3, 0.4) is 0 Å². The second-order valence-electron chi connectivity index (χ2n) is 6.49. The molecule has 138 valence electrons. The van der Waals surface area contributed by atoms with Gasteiger partial charge in [0.2, 0.25) is 11.6 Å². The fourth-order valence-corrected chi connectivity index (χ4v) is 2.77. The highest BCUT2D eigenvalue weighted by molar-refractivity contribution is 5.91. The van der Waals surface area contributed by atoms with Crippen LogP contribution in [0.2, 0.25) is 0 Å². The fourth-order valence-electron chi connectivity index (χ4n) is 2.77. The SMILES string of the molecule is CCOc1ccc(N2CCn3c2nnc(C(=O)NCC(C)C)c3=O)cc1. The highest BCUT2D eigenvalue weighted by Crippen LogP contribution is 2.28. The molecule has 1 aromatic carbocycles. The Labute approximate surface area is 151 Å². The van der Waals surface area contributed by atoms with Gasteiger partial charge < -0.3 is 15.0 Å². The Kier molecular flexibility index (Phi) is 5.20. The second-order valence-corrected chi connectivity index (χ2v) is 6.49. The summed E-state index contributed by atoms with van der Waals surface area (Å²) in [6.45, 7) is 8.04. The third-order valence-electron chi connectivity index (χ3n) is 4.06. The molecule has 2 heterocycles. The molecular weight excluding hydrogens is 334 g/mol. The van der Waals surface area contributed by atoms with Crippen LogP contribution < -0.4 is 20.5 Å². The number of ether oxygens (including phenoxy) is 1. The van der Waals surface area contributed by atoms with E-state index in [-0.39, 0.29) is 5.69 Å². The van der Waals surface area contributed by atoms with E-state index in [4.69, 9.17) is 4.74 Å². The molecule has 0 radical (unpaired) electrons. The number of hydrogen-bond acceptors (Lipinski definition) is 6. The van der Waals surface area contributed by atoms with E-state index in [0.717, 1.165) is 11.4 Å². The van der Waals surface area contributed by atoms with E-state index in [1.807, 2.05) is 49.9 Å². The van der Waals surface area contributed by atoms with E-state index in [2.05, 4.69) is 15.5 Å². The van der Waals surface area contributed by atoms with Crippen LogP contribution in [0.4, 0.5) is 11.6 Å². The van der Waals surface area contributed by atoms with Crippen LogP contribution in [0.15, 0.2) is 29.1 Å². The minimum atomic E-state index is -0.481. The first-order valence-corrected chi connectivity index (χ1v) is 8.77. The number of rotatable bonds is 6. The van der Waals surface area contributed by atoms with Gasteiger partial charge in [0, 0.05) is 25.3 Å². The summed E-state index contributed by atoms with van der Waals surface area (Å²) in [6.07, 6.45) is 0. The molecule has 8 nitrogen and oxygen atoms in total. The molecule has 0 bridgehead atoms. The summed E-state index contributed by atoms with van der Waals surface area (Å²) in [4.78, 5) is 26.7. The van der Waals surface area contributed by atoms with Crippen molar-refractivity contribution < 1.29 is 9.53 Å². The summed E-state index contributed by atoms with van der Waals surface area (Å²) in [6, 6.07) is 7.58. The van der Waals surface area contributed by atoms with Gasteiger partial charge >= 0.3 is 0 Å². The molecule has 0 spiro atoms. The summed E-state index contributed by atoms with van der Waals surface area (Å²) >= 11 is 0. The molecule has 1 aliphatic heterocycles. The number of carbonyl (C=O) groups is 1. The molecule has 0 aliphatic carbocycles. The topological polar surface area (TPSA) is 89.3 Å². The van der Waals surface area contributed by atoms with Gasteiger partial charge in [0.05, 0.1) is 6.61 Å². The number of hydrogen-bond donors (Lipinski definition) is 1. The third-order valence-corrected chi connectivity index (χ3v) is 4.06. The Morgan fingerprint density at radius 3 is 2.62 bits per heavy atom. The van der Waals surface area contributed by atoms with Gasteiger partial charge in [-0.2, -0.15) is 0 Å². The van der Waals surface area contributed by atoms with Gasteiger partial charge in [0.15, 0.2) is 0 Å². The van der Waals surface area contributed by atoms with Crippen molar-refractivity contribution in [2.45, 2.75) is 27.3 Å². The number of benzene rings is 1. The highest BCUT2D eigenvalue weighted by Gasteiger charge is 2.27. The van der Waals surface area contributed by atoms with Crippen LogP contribution in [0.5, 0.6) is 5.75 Å². The van der Waals surface area contributed by atoms with E-state index in [0.29, 0.717) is 38.1 Å². The van der Waals surface area contributed by atoms with E-state index in [1.54, 1.807) is 0 Å². The monoisotopic (exact) mass is 357 g/mol. The van der Waals surface area contributed by atoms with E-state index in [1.165, 1.54) is 4.57 Å². The highest BCUT2D eigenvalue weighted by atomic mass is 16.5. The van der Waals surface area contributed by atoms with Crippen LogP contribution in [0.25, 0.3) is 0 Å². The lowest BCUT2D eigenvalue weighted by atomic mass is 10.2. The van der Waals surface area contributed by atoms with Gasteiger partial charge in [-0.15, -0.1) is 10.2 Å². The Balaban J connectivity index is 1.84. The molecule has 1 N–H and O–H groups in total. The largest absolute Gasteiger partial charge is 0.494 e. The van der Waals surface area contributed by atoms with Crippen molar-refractivity contribution in [3.8, 4) is 5.75 Å². The lowest BCUT2D eigenvalue weighted by Crippen LogP contribution is -2.36. The number of anilines is 2. The first-order valence-electron chi connectivity index (χ1n) is 8.77. The zero-order chi connectivity index (χ0) is 18.7. The molecule has 0 saturated carbocycles. The first kappa shape index (κ1) is 17.9. The average Bonchev–Trinajstić information content (AvgIpc) is 3.06. The second kappa shape index (κ2) is 7.55. The summed E-state index contributed by atoms with van der Waals surface area (Å²) in [7, 11) is 0. The number of aromatic nitrogens is 3. The van der Waals surface area contributed by atoms with Crippen LogP contribution in [-0.2, 0) is 6.54 Å². The van der Waals surface area contributed by atoms with Crippen molar-refractivity contribution >= 4 is 17.5 Å². The maximum absolute atomic E-state index is 12.6. The van der Waals surface area contributed by atoms with Gasteiger partial charge in [-0.1, -0.05) is 13.8 Å². The van der Waals surface area contributed by atoms with E-state index >= 15 is 0 Å². The normalized spacial score (nSPS) is 13.0. The molecule has 1 amide bonds. The van der Waals surface area contributed by atoms with Gasteiger partial charge in [-0.05, 0) is 37.1 Å². The van der Waals surface area contributed by atoms with Crippen LogP contribution in [-0.4, -0.2) is 40.4 Å². The molecule has 1 aliphatic rings. The van der Waals surface area contributed by atoms with Crippen LogP contribution in [0, 0.1) is 5.92 Å². The van der Waals surface area contributed by atoms with Crippen molar-refractivity contribution in [2.24, 2.45) is 5.92 Å². The quantitative estimate of drug-likeness (QED) is 0.844. The van der Waals surface area contributed by atoms with E-state index < -0.39 is 11.5 Å². The molecule has 1 aromatic heterocycles. The van der Waals surface area contributed by atoms with Crippen molar-refractivity contribution in [1.82, 2.24) is 20.1 Å². The summed E-state index contributed by atoms with van der Waals surface area (Å²) in [5.74, 6) is 1.04. The van der Waals surface area contributed by atoms with Crippen molar-refractivity contribution in [2.75, 3.05) is 24.6 Å². The van der Waals surface area contributed by atoms with Crippen molar-refractivity contribution in [3.05, 3.63) is 40.3 Å². The zero-order valence-corrected chi connectivity index (χ0v) is 15.2. The zero-order valence-electron chi connectivity index (χ0n) is 15.2. The molecule has 0 atom stereocenters. The number of nitrogens with zero attached hydrogens (tertiary/aromatic N) is 4. The summed E-state index contributed by atoms with van der Waals surface area (Å²) in [5.41, 5.74) is 0.318. The molecule has 8 heteroatoms. The lowest BCUT2D eigenvalue weighted by Gasteiger charge is -2.17. The molecule has 3 rings (SSSR count). The average molecular weight is 357 g/mol. The molecule has 26 heavy (non-hydrogen) atoms. The van der Waals surface area contributed by atoms with Crippen molar-refractivity contribution in [1.29, 1.82) is 0 Å². The Morgan fingerprint density at radius 1 is 1.23 bits per heavy atom. The van der Waals surface area contributed by atoms with Crippen LogP contribution >= 0.6 is 0 Å². The standard InChI is InChI=1S/C18H23N5O3/c1-4-26-14-7-5-13(6-8-14)22-9-10-23-17(25)15(20-21-18(22)23)16(24)19-11-12(2)3/h5-8,12H,4,9-11H2,1-3H3,(H,19,24). The predicted octanol–water partition coefficient (Wildman–Crippen LogP) is 1.57. The van der Waals surface area contributed by atoms with Gasteiger partial charge in [0.25, 0.3) is 11.5 Å². The van der Waals surface area contributed by atoms with Crippen LogP contribution in [0.1, 0.15) is 31.3 Å². The Bertz CT molecular complexity index is 845. The molecule has 2 aromatic rings. The minimum absolute atomic E-state index is 0.164. The molecule has 0 fully saturated rings. The van der Waals surface area contributed by atoms with E-state index in [9.17, 15) is 9.59 Å². The minimum Gasteiger partial charge on any atom is -0.494 e. The van der Waals surface area contributed by atoms with Gasteiger partial charge in [0.1, 0.15) is 5.75 Å². The van der Waals surface area contributed by atoms with Crippen molar-refractivity contribution in [3.63, 3.8) is 0 Å². The number of amides is 1. The Morgan fingerprint density at radius 2 is 1.96 bits per heavy atom. The fraction of sp³-hybridized carbons (Fsp3) is 0.444. The lowest BCUT2D eigenvalue weighted by molar-refractivity contribution is 0.0940. The predicted molar refractivity (Wildman–Crippen MR) is 98.1 cm³/mol. The number of carbonyl (C=O) groups excluding carboxylic acids is 1. The maximum atomic E-state index is 12.6. The molecule has 0 unspecified atom stereocenters. The molecule has 0 saturated heterocycles. The van der Waals surface area contributed by atoms with Gasteiger partial charge in [-0.25, -0.2) is 0 Å².